The van der Waals surface area contributed by atoms with E-state index in [1.54, 1.807) is 0 Å². The van der Waals surface area contributed by atoms with Crippen LogP contribution in [0.5, 0.6) is 0 Å². The smallest absolute Gasteiger partial charge is 0.267 e. The Morgan fingerprint density at radius 2 is 2.00 bits per heavy atom. The van der Waals surface area contributed by atoms with Gasteiger partial charge in [0.25, 0.3) is 5.91 Å². The Hall–Kier alpha value is -2.81. The molecule has 144 valence electrons. The molecule has 1 aromatic carbocycles. The number of likely N-dealkylation sites (tertiary alicyclic amines) is 1. The Labute approximate surface area is 161 Å². The number of anilines is 1. The molecule has 0 saturated carbocycles. The van der Waals surface area contributed by atoms with Crippen molar-refractivity contribution in [3.63, 3.8) is 0 Å². The lowest BCUT2D eigenvalue weighted by molar-refractivity contribution is -0.127. The number of amides is 2. The minimum Gasteiger partial charge on any atom is -0.390 e. The number of carbonyl (C=O) groups excluding carboxylic acids is 2. The molecule has 6 nitrogen and oxygen atoms in total. The molecule has 0 aromatic heterocycles. The van der Waals surface area contributed by atoms with Crippen molar-refractivity contribution in [2.75, 3.05) is 25.0 Å². The summed E-state index contributed by atoms with van der Waals surface area (Å²) in [5.41, 5.74) is 2.97. The number of benzene rings is 1. The maximum absolute atomic E-state index is 12.5. The van der Waals surface area contributed by atoms with Gasteiger partial charge >= 0.3 is 0 Å². The standard InChI is InChI=1S/C21H28N4O2/c1-3-16-8-5-9-17(4-2)20(16)24-21(27)18(14-22)15-23-11-7-13-25-12-6-10-19(25)26/h5,8-9,15,23H,3-4,6-7,10-13H2,1-2H3,(H,24,27)/b18-15-. The predicted octanol–water partition coefficient (Wildman–Crippen LogP) is 2.76. The highest BCUT2D eigenvalue weighted by atomic mass is 16.2. The molecule has 0 spiro atoms. The molecule has 6 heteroatoms. The molecule has 1 fully saturated rings. The summed E-state index contributed by atoms with van der Waals surface area (Å²) in [5, 5.41) is 15.2. The molecule has 1 aliphatic heterocycles. The normalized spacial score (nSPS) is 14.2. The molecule has 0 bridgehead atoms. The molecule has 1 aliphatic rings. The van der Waals surface area contributed by atoms with Gasteiger partial charge in [-0.3, -0.25) is 9.59 Å². The van der Waals surface area contributed by atoms with Gasteiger partial charge in [0.2, 0.25) is 5.91 Å². The fourth-order valence-electron chi connectivity index (χ4n) is 3.22. The molecule has 1 aromatic rings. The third kappa shape index (κ3) is 5.58. The lowest BCUT2D eigenvalue weighted by Gasteiger charge is -2.15. The second-order valence-corrected chi connectivity index (χ2v) is 6.57. The van der Waals surface area contributed by atoms with Crippen molar-refractivity contribution >= 4 is 17.5 Å². The fraction of sp³-hybridized carbons (Fsp3) is 0.476. The molecule has 1 heterocycles. The van der Waals surface area contributed by atoms with Crippen LogP contribution < -0.4 is 10.6 Å². The van der Waals surface area contributed by atoms with E-state index in [1.807, 2.05) is 43.0 Å². The molecular formula is C21H28N4O2. The van der Waals surface area contributed by atoms with E-state index in [0.717, 1.165) is 49.0 Å². The molecule has 0 aliphatic carbocycles. The van der Waals surface area contributed by atoms with Crippen LogP contribution in [0.2, 0.25) is 0 Å². The van der Waals surface area contributed by atoms with Gasteiger partial charge in [-0.2, -0.15) is 5.26 Å². The maximum atomic E-state index is 12.5. The predicted molar refractivity (Wildman–Crippen MR) is 106 cm³/mol. The van der Waals surface area contributed by atoms with Gasteiger partial charge in [-0.05, 0) is 36.8 Å². The number of rotatable bonds is 9. The Bertz CT molecular complexity index is 727. The van der Waals surface area contributed by atoms with Gasteiger partial charge in [-0.15, -0.1) is 0 Å². The largest absolute Gasteiger partial charge is 0.390 e. The third-order valence-electron chi connectivity index (χ3n) is 4.77. The number of para-hydroxylation sites is 1. The third-order valence-corrected chi connectivity index (χ3v) is 4.77. The van der Waals surface area contributed by atoms with Crippen molar-refractivity contribution in [2.45, 2.75) is 46.0 Å². The number of hydrogen-bond donors (Lipinski definition) is 2. The van der Waals surface area contributed by atoms with E-state index in [-0.39, 0.29) is 11.5 Å². The molecule has 27 heavy (non-hydrogen) atoms. The van der Waals surface area contributed by atoms with Gasteiger partial charge in [-0.25, -0.2) is 0 Å². The summed E-state index contributed by atoms with van der Waals surface area (Å²) in [6.45, 7) is 6.22. The fourth-order valence-corrected chi connectivity index (χ4v) is 3.22. The highest BCUT2D eigenvalue weighted by Crippen LogP contribution is 2.23. The van der Waals surface area contributed by atoms with Gasteiger partial charge in [-0.1, -0.05) is 32.0 Å². The van der Waals surface area contributed by atoms with Gasteiger partial charge < -0.3 is 15.5 Å². The number of carbonyl (C=O) groups is 2. The summed E-state index contributed by atoms with van der Waals surface area (Å²) in [7, 11) is 0. The van der Waals surface area contributed by atoms with Crippen molar-refractivity contribution < 1.29 is 9.59 Å². The van der Waals surface area contributed by atoms with Crippen LogP contribution >= 0.6 is 0 Å². The lowest BCUT2D eigenvalue weighted by Crippen LogP contribution is -2.27. The maximum Gasteiger partial charge on any atom is 0.267 e. The summed E-state index contributed by atoms with van der Waals surface area (Å²) in [6, 6.07) is 7.92. The Balaban J connectivity index is 1.91. The Kier molecular flexibility index (Phi) is 7.87. The van der Waals surface area contributed by atoms with Crippen LogP contribution in [0.4, 0.5) is 5.69 Å². The Morgan fingerprint density at radius 3 is 2.56 bits per heavy atom. The topological polar surface area (TPSA) is 85.2 Å². The highest BCUT2D eigenvalue weighted by molar-refractivity contribution is 6.07. The van der Waals surface area contributed by atoms with Gasteiger partial charge in [0.05, 0.1) is 0 Å². The zero-order valence-corrected chi connectivity index (χ0v) is 16.2. The molecule has 2 rings (SSSR count). The van der Waals surface area contributed by atoms with Crippen LogP contribution in [-0.2, 0) is 22.4 Å². The number of nitrogens with one attached hydrogen (secondary N) is 2. The van der Waals surface area contributed by atoms with Gasteiger partial charge in [0.15, 0.2) is 0 Å². The van der Waals surface area contributed by atoms with E-state index in [0.29, 0.717) is 19.5 Å². The zero-order valence-electron chi connectivity index (χ0n) is 16.2. The molecule has 2 N–H and O–H groups in total. The van der Waals surface area contributed by atoms with Gasteiger partial charge in [0, 0.05) is 37.9 Å². The van der Waals surface area contributed by atoms with E-state index in [4.69, 9.17) is 0 Å². The molecule has 0 radical (unpaired) electrons. The van der Waals surface area contributed by atoms with Crippen molar-refractivity contribution in [1.29, 1.82) is 5.26 Å². The number of nitrogens with zero attached hydrogens (tertiary/aromatic N) is 2. The first-order valence-electron chi connectivity index (χ1n) is 9.64. The second kappa shape index (κ2) is 10.4. The SMILES string of the molecule is CCc1cccc(CC)c1NC(=O)/C(C#N)=C\NCCCN1CCCC1=O. The average Bonchev–Trinajstić information content (AvgIpc) is 3.09. The van der Waals surface area contributed by atoms with Crippen molar-refractivity contribution in [1.82, 2.24) is 10.2 Å². The van der Waals surface area contributed by atoms with Crippen molar-refractivity contribution in [3.8, 4) is 6.07 Å². The number of hydrogen-bond acceptors (Lipinski definition) is 4. The minimum absolute atomic E-state index is 0.0419. The van der Waals surface area contributed by atoms with Crippen LogP contribution in [0.1, 0.15) is 44.2 Å². The average molecular weight is 368 g/mol. The molecular weight excluding hydrogens is 340 g/mol. The monoisotopic (exact) mass is 368 g/mol. The van der Waals surface area contributed by atoms with E-state index in [1.165, 1.54) is 6.20 Å². The van der Waals surface area contributed by atoms with Crippen LogP contribution in [0, 0.1) is 11.3 Å². The highest BCUT2D eigenvalue weighted by Gasteiger charge is 2.19. The number of nitriles is 1. The first kappa shape index (κ1) is 20.5. The summed E-state index contributed by atoms with van der Waals surface area (Å²) in [4.78, 5) is 25.9. The summed E-state index contributed by atoms with van der Waals surface area (Å²) < 4.78 is 0. The van der Waals surface area contributed by atoms with E-state index in [9.17, 15) is 14.9 Å². The van der Waals surface area contributed by atoms with E-state index < -0.39 is 5.91 Å². The van der Waals surface area contributed by atoms with E-state index in [2.05, 4.69) is 10.6 Å². The summed E-state index contributed by atoms with van der Waals surface area (Å²) in [6.07, 6.45) is 5.43. The second-order valence-electron chi connectivity index (χ2n) is 6.57. The molecule has 2 amide bonds. The first-order valence-corrected chi connectivity index (χ1v) is 9.64. The van der Waals surface area contributed by atoms with Gasteiger partial charge in [0.1, 0.15) is 11.6 Å². The summed E-state index contributed by atoms with van der Waals surface area (Å²) in [5.74, 6) is -0.195. The van der Waals surface area contributed by atoms with Crippen molar-refractivity contribution in [3.05, 3.63) is 41.1 Å². The number of aryl methyl sites for hydroxylation is 2. The lowest BCUT2D eigenvalue weighted by atomic mass is 10.0. The minimum atomic E-state index is -0.407. The zero-order chi connectivity index (χ0) is 19.6. The van der Waals surface area contributed by atoms with E-state index >= 15 is 0 Å². The van der Waals surface area contributed by atoms with Crippen molar-refractivity contribution in [2.24, 2.45) is 0 Å². The Morgan fingerprint density at radius 1 is 1.30 bits per heavy atom. The summed E-state index contributed by atoms with van der Waals surface area (Å²) >= 11 is 0. The molecule has 0 unspecified atom stereocenters. The van der Waals surface area contributed by atoms with Crippen LogP contribution in [-0.4, -0.2) is 36.3 Å². The van der Waals surface area contributed by atoms with Crippen LogP contribution in [0.3, 0.4) is 0 Å². The molecule has 1 saturated heterocycles. The first-order chi connectivity index (χ1) is 13.1. The van der Waals surface area contributed by atoms with Crippen LogP contribution in [0.25, 0.3) is 0 Å². The quantitative estimate of drug-likeness (QED) is 0.399. The molecule has 0 atom stereocenters. The van der Waals surface area contributed by atoms with Crippen LogP contribution in [0.15, 0.2) is 30.0 Å².